The van der Waals surface area contributed by atoms with E-state index in [9.17, 15) is 31.0 Å². The predicted octanol–water partition coefficient (Wildman–Crippen LogP) is 1.30. The molecule has 136 valence electrons. The monoisotopic (exact) mass is 461 g/mol. The molecule has 0 unspecified atom stereocenters. The molecule has 0 bridgehead atoms. The van der Waals surface area contributed by atoms with Gasteiger partial charge in [0.1, 0.15) is 4.90 Å². The summed E-state index contributed by atoms with van der Waals surface area (Å²) in [6.07, 6.45) is 0. The summed E-state index contributed by atoms with van der Waals surface area (Å²) in [6.45, 7) is 0. The first kappa shape index (κ1) is 18.7. The number of carbonyl (C=O) groups is 2. The van der Waals surface area contributed by atoms with Gasteiger partial charge in [0.25, 0.3) is 20.2 Å². The van der Waals surface area contributed by atoms with Crippen molar-refractivity contribution in [1.29, 1.82) is 0 Å². The van der Waals surface area contributed by atoms with Crippen LogP contribution < -0.4 is 5.73 Å². The first-order valence-electron chi connectivity index (χ1n) is 6.64. The van der Waals surface area contributed by atoms with Gasteiger partial charge in [0.05, 0.1) is 21.7 Å². The maximum absolute atomic E-state index is 12.8. The minimum Gasteiger partial charge on any atom is -0.397 e. The van der Waals surface area contributed by atoms with E-state index in [1.165, 1.54) is 0 Å². The first-order chi connectivity index (χ1) is 11.8. The molecule has 2 aromatic rings. The highest BCUT2D eigenvalue weighted by molar-refractivity contribution is 9.10. The average molecular weight is 462 g/mol. The van der Waals surface area contributed by atoms with E-state index in [4.69, 9.17) is 10.3 Å². The third kappa shape index (κ3) is 2.75. The number of nitrogens with two attached hydrogens (primary N) is 1. The van der Waals surface area contributed by atoms with Crippen LogP contribution in [-0.2, 0) is 20.2 Å². The van der Waals surface area contributed by atoms with Crippen LogP contribution in [0.25, 0.3) is 0 Å². The largest absolute Gasteiger partial charge is 0.397 e. The topological polar surface area (TPSA) is 169 Å². The summed E-state index contributed by atoms with van der Waals surface area (Å²) < 4.78 is 63.8. The minimum absolute atomic E-state index is 0.0859. The number of nitrogen functional groups attached to an aromatic ring is 1. The summed E-state index contributed by atoms with van der Waals surface area (Å²) in [7, 11) is -9.44. The van der Waals surface area contributed by atoms with Gasteiger partial charge in [-0.05, 0) is 40.2 Å². The number of hydrogen-bond acceptors (Lipinski definition) is 7. The van der Waals surface area contributed by atoms with Crippen LogP contribution in [0.4, 0.5) is 5.69 Å². The van der Waals surface area contributed by atoms with Crippen LogP contribution in [0.5, 0.6) is 0 Å². The normalized spacial score (nSPS) is 14.1. The molecule has 0 heterocycles. The Kier molecular flexibility index (Phi) is 4.08. The van der Waals surface area contributed by atoms with Gasteiger partial charge in [0.2, 0.25) is 0 Å². The highest BCUT2D eigenvalue weighted by Gasteiger charge is 2.36. The van der Waals surface area contributed by atoms with Crippen molar-refractivity contribution in [3.05, 3.63) is 51.0 Å². The summed E-state index contributed by atoms with van der Waals surface area (Å²) in [4.78, 5) is 24.1. The highest BCUT2D eigenvalue weighted by atomic mass is 79.9. The third-order valence-corrected chi connectivity index (χ3v) is 6.16. The maximum atomic E-state index is 12.8. The van der Waals surface area contributed by atoms with E-state index in [1.807, 2.05) is 0 Å². The second-order valence-electron chi connectivity index (χ2n) is 5.34. The number of carbonyl (C=O) groups excluding carboxylic acids is 2. The summed E-state index contributed by atoms with van der Waals surface area (Å²) in [6, 6.07) is 3.70. The molecule has 0 spiro atoms. The van der Waals surface area contributed by atoms with E-state index < -0.39 is 52.8 Å². The molecule has 0 radical (unpaired) electrons. The molecule has 1 aliphatic rings. The fourth-order valence-electron chi connectivity index (χ4n) is 2.65. The second kappa shape index (κ2) is 5.69. The van der Waals surface area contributed by atoms with E-state index in [0.717, 1.165) is 24.3 Å². The number of benzene rings is 2. The van der Waals surface area contributed by atoms with Gasteiger partial charge in [-0.15, -0.1) is 0 Å². The fourth-order valence-corrected chi connectivity index (χ4v) is 4.56. The molecular weight excluding hydrogens is 454 g/mol. The lowest BCUT2D eigenvalue weighted by molar-refractivity contribution is 0.0978. The van der Waals surface area contributed by atoms with Crippen LogP contribution in [0, 0.1) is 0 Å². The van der Waals surface area contributed by atoms with Crippen molar-refractivity contribution < 1.29 is 35.5 Å². The molecule has 0 amide bonds. The molecule has 0 aromatic heterocycles. The summed E-state index contributed by atoms with van der Waals surface area (Å²) in [5.74, 6) is -1.64. The minimum atomic E-state index is -4.79. The van der Waals surface area contributed by atoms with Crippen LogP contribution in [0.2, 0.25) is 0 Å². The van der Waals surface area contributed by atoms with Crippen molar-refractivity contribution in [2.24, 2.45) is 0 Å². The fraction of sp³-hybridized carbons (Fsp3) is 0. The van der Waals surface area contributed by atoms with Crippen molar-refractivity contribution in [1.82, 2.24) is 0 Å². The first-order valence-corrected chi connectivity index (χ1v) is 10.3. The standard InChI is InChI=1S/C14H8BrNO8S2/c15-8-4-9(26(22,23)24)12(16)11-10(8)13(17)6-2-1-5(25(19,20)21)3-7(6)14(11)18/h1-4H,16H2,(H,19,20,21)(H,22,23,24). The van der Waals surface area contributed by atoms with Gasteiger partial charge in [0.15, 0.2) is 11.6 Å². The Balaban J connectivity index is 2.40. The number of halogens is 1. The Bertz CT molecular complexity index is 1230. The Morgan fingerprint density at radius 2 is 1.42 bits per heavy atom. The van der Waals surface area contributed by atoms with Gasteiger partial charge < -0.3 is 5.73 Å². The van der Waals surface area contributed by atoms with Crippen LogP contribution in [0.1, 0.15) is 31.8 Å². The van der Waals surface area contributed by atoms with Gasteiger partial charge >= 0.3 is 0 Å². The lowest BCUT2D eigenvalue weighted by Gasteiger charge is -2.21. The zero-order chi connectivity index (χ0) is 19.6. The second-order valence-corrected chi connectivity index (χ2v) is 9.00. The van der Waals surface area contributed by atoms with Crippen molar-refractivity contribution in [2.75, 3.05) is 5.73 Å². The molecule has 26 heavy (non-hydrogen) atoms. The third-order valence-electron chi connectivity index (χ3n) is 3.79. The van der Waals surface area contributed by atoms with E-state index in [0.29, 0.717) is 0 Å². The number of ketones is 2. The Morgan fingerprint density at radius 1 is 0.846 bits per heavy atom. The molecule has 0 saturated carbocycles. The molecule has 2 aromatic carbocycles. The maximum Gasteiger partial charge on any atom is 0.296 e. The molecule has 1 aliphatic carbocycles. The Morgan fingerprint density at radius 3 is 1.96 bits per heavy atom. The van der Waals surface area contributed by atoms with Gasteiger partial charge in [-0.2, -0.15) is 16.8 Å². The smallest absolute Gasteiger partial charge is 0.296 e. The van der Waals surface area contributed by atoms with Gasteiger partial charge in [-0.1, -0.05) is 0 Å². The molecule has 0 fully saturated rings. The Hall–Kier alpha value is -2.12. The van der Waals surface area contributed by atoms with Gasteiger partial charge in [-0.25, -0.2) is 0 Å². The van der Waals surface area contributed by atoms with E-state index in [-0.39, 0.29) is 21.2 Å². The van der Waals surface area contributed by atoms with E-state index in [2.05, 4.69) is 15.9 Å². The summed E-state index contributed by atoms with van der Waals surface area (Å²) in [5.41, 5.74) is 3.83. The van der Waals surface area contributed by atoms with Crippen LogP contribution in [0.15, 0.2) is 38.5 Å². The quantitative estimate of drug-likeness (QED) is 0.375. The zero-order valence-electron chi connectivity index (χ0n) is 12.4. The van der Waals surface area contributed by atoms with Crippen molar-refractivity contribution in [3.63, 3.8) is 0 Å². The molecule has 9 nitrogen and oxygen atoms in total. The number of rotatable bonds is 2. The molecule has 0 aliphatic heterocycles. The van der Waals surface area contributed by atoms with Crippen molar-refractivity contribution in [3.8, 4) is 0 Å². The van der Waals surface area contributed by atoms with Crippen LogP contribution >= 0.6 is 15.9 Å². The molecular formula is C14H8BrNO8S2. The predicted molar refractivity (Wildman–Crippen MR) is 91.5 cm³/mol. The van der Waals surface area contributed by atoms with E-state index >= 15 is 0 Å². The van der Waals surface area contributed by atoms with Gasteiger partial charge in [0, 0.05) is 15.6 Å². The summed E-state index contributed by atoms with van der Waals surface area (Å²) >= 11 is 2.99. The number of anilines is 1. The van der Waals surface area contributed by atoms with Crippen molar-refractivity contribution in [2.45, 2.75) is 9.79 Å². The van der Waals surface area contributed by atoms with Crippen LogP contribution in [-0.4, -0.2) is 37.5 Å². The highest BCUT2D eigenvalue weighted by Crippen LogP contribution is 2.39. The average Bonchev–Trinajstić information content (AvgIpc) is 2.51. The van der Waals surface area contributed by atoms with Crippen LogP contribution in [0.3, 0.4) is 0 Å². The molecule has 12 heteroatoms. The molecule has 0 atom stereocenters. The summed E-state index contributed by atoms with van der Waals surface area (Å²) in [5, 5.41) is 0. The Labute approximate surface area is 155 Å². The number of fused-ring (bicyclic) bond motifs is 2. The SMILES string of the molecule is Nc1c(S(=O)(=O)O)cc(Br)c2c1C(=O)c1cc(S(=O)(=O)O)ccc1C2=O. The number of hydrogen-bond donors (Lipinski definition) is 3. The van der Waals surface area contributed by atoms with E-state index in [1.54, 1.807) is 0 Å². The molecule has 4 N–H and O–H groups in total. The van der Waals surface area contributed by atoms with Gasteiger partial charge in [-0.3, -0.25) is 18.7 Å². The lowest BCUT2D eigenvalue weighted by Crippen LogP contribution is -2.24. The zero-order valence-corrected chi connectivity index (χ0v) is 15.6. The lowest BCUT2D eigenvalue weighted by atomic mass is 9.83. The van der Waals surface area contributed by atoms with Crippen molar-refractivity contribution >= 4 is 53.4 Å². The molecule has 3 rings (SSSR count). The molecule has 0 saturated heterocycles.